The Morgan fingerprint density at radius 2 is 1.90 bits per heavy atom. The standard InChI is InChI=1S/C30H43N5O3S/c1-5-23(6-2)35-27-10-9-22(19-25(27)32-28(35)20-24-8-7-17-39-24)29(36)33-26(18-21(3)4)30(37)31-11-12-34-13-15-38-16-14-34/h7-10,17,19,21,23,26H,5-6,11-16,18,20H2,1-4H3,(H,31,37)(H,33,36)/t26-/m0/s1. The quantitative estimate of drug-likeness (QED) is 0.322. The number of fused-ring (bicyclic) bond motifs is 1. The number of carbonyl (C=O) groups is 2. The molecule has 2 aromatic heterocycles. The van der Waals surface area contributed by atoms with Crippen molar-refractivity contribution in [3.63, 3.8) is 0 Å². The van der Waals surface area contributed by atoms with Crippen molar-refractivity contribution in [2.75, 3.05) is 39.4 Å². The lowest BCUT2D eigenvalue weighted by molar-refractivity contribution is -0.123. The Morgan fingerprint density at radius 3 is 2.56 bits per heavy atom. The van der Waals surface area contributed by atoms with Crippen molar-refractivity contribution in [2.45, 2.75) is 65.5 Å². The molecule has 0 radical (unpaired) electrons. The molecule has 1 saturated heterocycles. The van der Waals surface area contributed by atoms with E-state index in [1.807, 2.05) is 18.2 Å². The Bertz CT molecular complexity index is 1210. The van der Waals surface area contributed by atoms with Gasteiger partial charge < -0.3 is 19.9 Å². The monoisotopic (exact) mass is 553 g/mol. The number of ether oxygens (including phenoxy) is 1. The fraction of sp³-hybridized carbons (Fsp3) is 0.567. The minimum atomic E-state index is -0.589. The van der Waals surface area contributed by atoms with E-state index >= 15 is 0 Å². The van der Waals surface area contributed by atoms with E-state index in [9.17, 15) is 9.59 Å². The Morgan fingerprint density at radius 1 is 1.13 bits per heavy atom. The normalized spacial score (nSPS) is 15.2. The number of benzene rings is 1. The van der Waals surface area contributed by atoms with E-state index in [0.29, 0.717) is 24.6 Å². The molecule has 4 rings (SSSR count). The van der Waals surface area contributed by atoms with Gasteiger partial charge in [0.1, 0.15) is 11.9 Å². The molecule has 3 aromatic rings. The van der Waals surface area contributed by atoms with Crippen molar-refractivity contribution < 1.29 is 14.3 Å². The van der Waals surface area contributed by atoms with Gasteiger partial charge >= 0.3 is 0 Å². The SMILES string of the molecule is CCC(CC)n1c(Cc2cccs2)nc2cc(C(=O)N[C@@H](CC(C)C)C(=O)NCCN3CCOCC3)ccc21. The molecule has 1 aliphatic rings. The summed E-state index contributed by atoms with van der Waals surface area (Å²) in [6.45, 7) is 13.1. The first kappa shape index (κ1) is 29.2. The molecule has 0 bridgehead atoms. The largest absolute Gasteiger partial charge is 0.379 e. The van der Waals surface area contributed by atoms with Gasteiger partial charge in [-0.2, -0.15) is 0 Å². The summed E-state index contributed by atoms with van der Waals surface area (Å²) >= 11 is 1.74. The van der Waals surface area contributed by atoms with Crippen LogP contribution in [0.4, 0.5) is 0 Å². The molecule has 0 unspecified atom stereocenters. The zero-order valence-electron chi connectivity index (χ0n) is 23.7. The maximum absolute atomic E-state index is 13.4. The fourth-order valence-corrected chi connectivity index (χ4v) is 5.98. The number of amides is 2. The predicted octanol–water partition coefficient (Wildman–Crippen LogP) is 4.64. The molecular weight excluding hydrogens is 510 g/mol. The Hall–Kier alpha value is -2.75. The summed E-state index contributed by atoms with van der Waals surface area (Å²) in [4.78, 5) is 35.0. The zero-order valence-corrected chi connectivity index (χ0v) is 24.6. The van der Waals surface area contributed by atoms with Gasteiger partial charge in [-0.25, -0.2) is 4.98 Å². The van der Waals surface area contributed by atoms with E-state index < -0.39 is 6.04 Å². The van der Waals surface area contributed by atoms with E-state index in [0.717, 1.165) is 69.0 Å². The summed E-state index contributed by atoms with van der Waals surface area (Å²) in [5, 5.41) is 8.12. The van der Waals surface area contributed by atoms with Crippen LogP contribution < -0.4 is 10.6 Å². The Balaban J connectivity index is 1.49. The number of hydrogen-bond donors (Lipinski definition) is 2. The van der Waals surface area contributed by atoms with Crippen molar-refractivity contribution >= 4 is 34.2 Å². The van der Waals surface area contributed by atoms with Crippen LogP contribution >= 0.6 is 11.3 Å². The maximum Gasteiger partial charge on any atom is 0.252 e. The highest BCUT2D eigenvalue weighted by atomic mass is 32.1. The topological polar surface area (TPSA) is 88.5 Å². The molecule has 9 heteroatoms. The third-order valence-electron chi connectivity index (χ3n) is 7.40. The third-order valence-corrected chi connectivity index (χ3v) is 8.28. The van der Waals surface area contributed by atoms with E-state index in [2.05, 4.69) is 65.3 Å². The van der Waals surface area contributed by atoms with E-state index in [1.54, 1.807) is 11.3 Å². The molecule has 2 amide bonds. The second-order valence-corrected chi connectivity index (χ2v) is 11.8. The summed E-state index contributed by atoms with van der Waals surface area (Å²) < 4.78 is 7.74. The number of rotatable bonds is 13. The number of aromatic nitrogens is 2. The molecule has 1 atom stereocenters. The first-order chi connectivity index (χ1) is 18.9. The van der Waals surface area contributed by atoms with Crippen LogP contribution in [0.1, 0.15) is 74.1 Å². The molecule has 8 nitrogen and oxygen atoms in total. The smallest absolute Gasteiger partial charge is 0.252 e. The predicted molar refractivity (Wildman–Crippen MR) is 157 cm³/mol. The minimum Gasteiger partial charge on any atom is -0.379 e. The minimum absolute atomic E-state index is 0.136. The van der Waals surface area contributed by atoms with E-state index in [4.69, 9.17) is 9.72 Å². The van der Waals surface area contributed by atoms with Gasteiger partial charge in [-0.05, 0) is 54.8 Å². The van der Waals surface area contributed by atoms with Gasteiger partial charge in [-0.3, -0.25) is 14.5 Å². The van der Waals surface area contributed by atoms with Gasteiger partial charge in [0, 0.05) is 49.1 Å². The van der Waals surface area contributed by atoms with Crippen LogP contribution in [0.15, 0.2) is 35.7 Å². The molecule has 1 aliphatic heterocycles. The summed E-state index contributed by atoms with van der Waals surface area (Å²) in [5.74, 6) is 0.903. The average molecular weight is 554 g/mol. The van der Waals surface area contributed by atoms with Crippen LogP contribution in [0, 0.1) is 5.92 Å². The lowest BCUT2D eigenvalue weighted by Crippen LogP contribution is -2.49. The number of hydrogen-bond acceptors (Lipinski definition) is 6. The molecule has 3 heterocycles. The van der Waals surface area contributed by atoms with Crippen molar-refractivity contribution in [1.82, 2.24) is 25.1 Å². The highest BCUT2D eigenvalue weighted by Crippen LogP contribution is 2.28. The number of carbonyl (C=O) groups excluding carboxylic acids is 2. The summed E-state index contributed by atoms with van der Waals surface area (Å²) in [6.07, 6.45) is 3.37. The van der Waals surface area contributed by atoms with E-state index in [1.165, 1.54) is 4.88 Å². The van der Waals surface area contributed by atoms with Crippen LogP contribution in [0.3, 0.4) is 0 Å². The molecule has 0 saturated carbocycles. The van der Waals surface area contributed by atoms with Gasteiger partial charge in [0.2, 0.25) is 5.91 Å². The Kier molecular flexibility index (Phi) is 10.5. The average Bonchev–Trinajstić information content (AvgIpc) is 3.57. The molecule has 0 aliphatic carbocycles. The summed E-state index contributed by atoms with van der Waals surface area (Å²) in [5.41, 5.74) is 2.39. The number of imidazole rings is 1. The van der Waals surface area contributed by atoms with Crippen molar-refractivity contribution in [3.8, 4) is 0 Å². The van der Waals surface area contributed by atoms with Gasteiger partial charge in [0.25, 0.3) is 5.91 Å². The van der Waals surface area contributed by atoms with Gasteiger partial charge in [-0.1, -0.05) is 33.8 Å². The van der Waals surface area contributed by atoms with Crippen LogP contribution in [0.25, 0.3) is 11.0 Å². The second-order valence-electron chi connectivity index (χ2n) is 10.7. The number of morpholine rings is 1. The summed E-state index contributed by atoms with van der Waals surface area (Å²) in [6, 6.07) is 9.70. The zero-order chi connectivity index (χ0) is 27.8. The Labute approximate surface area is 236 Å². The number of nitrogens with zero attached hydrogens (tertiary/aromatic N) is 3. The van der Waals surface area contributed by atoms with Gasteiger partial charge in [0.15, 0.2) is 0 Å². The lowest BCUT2D eigenvalue weighted by atomic mass is 10.0. The first-order valence-electron chi connectivity index (χ1n) is 14.3. The molecule has 1 aromatic carbocycles. The highest BCUT2D eigenvalue weighted by molar-refractivity contribution is 7.09. The van der Waals surface area contributed by atoms with Crippen molar-refractivity contribution in [3.05, 3.63) is 52.0 Å². The number of nitrogens with one attached hydrogen (secondary N) is 2. The molecule has 39 heavy (non-hydrogen) atoms. The molecule has 1 fully saturated rings. The number of thiophene rings is 1. The third kappa shape index (κ3) is 7.68. The second kappa shape index (κ2) is 14.1. The molecule has 0 spiro atoms. The van der Waals surface area contributed by atoms with Crippen LogP contribution in [-0.2, 0) is 16.0 Å². The maximum atomic E-state index is 13.4. The van der Waals surface area contributed by atoms with Gasteiger partial charge in [-0.15, -0.1) is 11.3 Å². The van der Waals surface area contributed by atoms with Crippen molar-refractivity contribution in [2.24, 2.45) is 5.92 Å². The molecule has 212 valence electrons. The highest BCUT2D eigenvalue weighted by Gasteiger charge is 2.24. The summed E-state index contributed by atoms with van der Waals surface area (Å²) in [7, 11) is 0. The van der Waals surface area contributed by atoms with Crippen LogP contribution in [-0.4, -0.2) is 71.7 Å². The first-order valence-corrected chi connectivity index (χ1v) is 15.2. The lowest BCUT2D eigenvalue weighted by Gasteiger charge is -2.27. The van der Waals surface area contributed by atoms with Crippen LogP contribution in [0.5, 0.6) is 0 Å². The van der Waals surface area contributed by atoms with Gasteiger partial charge in [0.05, 0.1) is 24.2 Å². The van der Waals surface area contributed by atoms with Crippen molar-refractivity contribution in [1.29, 1.82) is 0 Å². The molecule has 2 N–H and O–H groups in total. The van der Waals surface area contributed by atoms with E-state index in [-0.39, 0.29) is 17.7 Å². The molecular formula is C30H43N5O3S. The fourth-order valence-electron chi connectivity index (χ4n) is 5.27. The van der Waals surface area contributed by atoms with Crippen LogP contribution in [0.2, 0.25) is 0 Å².